The van der Waals surface area contributed by atoms with Gasteiger partial charge in [-0.25, -0.2) is 4.98 Å². The van der Waals surface area contributed by atoms with Gasteiger partial charge in [0.05, 0.1) is 12.1 Å². The Hall–Kier alpha value is -3.12. The van der Waals surface area contributed by atoms with Crippen LogP contribution in [0.3, 0.4) is 0 Å². The van der Waals surface area contributed by atoms with E-state index in [1.807, 2.05) is 55.5 Å². The molecule has 3 aromatic rings. The number of hydrogen-bond acceptors (Lipinski definition) is 4. The summed E-state index contributed by atoms with van der Waals surface area (Å²) in [5.41, 5.74) is 3.03. The van der Waals surface area contributed by atoms with Gasteiger partial charge in [0.15, 0.2) is 5.89 Å². The average molecular weight is 441 g/mol. The van der Waals surface area contributed by atoms with Gasteiger partial charge >= 0.3 is 5.97 Å². The molecule has 1 aromatic heterocycles. The van der Waals surface area contributed by atoms with E-state index in [2.05, 4.69) is 10.3 Å². The summed E-state index contributed by atoms with van der Waals surface area (Å²) in [6.07, 6.45) is 2.78. The van der Waals surface area contributed by atoms with E-state index >= 15 is 0 Å². The number of aryl methyl sites for hydroxylation is 1. The van der Waals surface area contributed by atoms with Crippen LogP contribution >= 0.6 is 11.6 Å². The maximum absolute atomic E-state index is 12.6. The molecule has 0 spiro atoms. The van der Waals surface area contributed by atoms with Gasteiger partial charge in [0.2, 0.25) is 5.76 Å². The minimum absolute atomic E-state index is 0.126. The van der Waals surface area contributed by atoms with Crippen molar-refractivity contribution in [2.75, 3.05) is 0 Å². The second-order valence-corrected chi connectivity index (χ2v) is 7.97. The number of carbonyl (C=O) groups excluding carboxylic acids is 1. The Balaban J connectivity index is 1.74. The van der Waals surface area contributed by atoms with Gasteiger partial charge in [0, 0.05) is 17.5 Å². The van der Waals surface area contributed by atoms with E-state index in [0.29, 0.717) is 30.2 Å². The lowest BCUT2D eigenvalue weighted by Gasteiger charge is -2.20. The summed E-state index contributed by atoms with van der Waals surface area (Å²) < 4.78 is 5.42. The van der Waals surface area contributed by atoms with E-state index in [0.717, 1.165) is 16.7 Å². The molecule has 0 unspecified atom stereocenters. The Kier molecular flexibility index (Phi) is 7.47. The monoisotopic (exact) mass is 440 g/mol. The summed E-state index contributed by atoms with van der Waals surface area (Å²) in [5.74, 6) is -1.29. The van der Waals surface area contributed by atoms with Gasteiger partial charge in [-0.2, -0.15) is 0 Å². The second kappa shape index (κ2) is 10.3. The topological polar surface area (TPSA) is 92.4 Å². The van der Waals surface area contributed by atoms with Crippen molar-refractivity contribution in [3.63, 3.8) is 0 Å². The first-order valence-electron chi connectivity index (χ1n) is 10.2. The molecule has 0 fully saturated rings. The van der Waals surface area contributed by atoms with E-state index in [-0.39, 0.29) is 11.8 Å². The Labute approximate surface area is 186 Å². The number of carboxylic acid groups (broad SMARTS) is 1. The first-order chi connectivity index (χ1) is 14.9. The molecule has 0 bridgehead atoms. The zero-order valence-corrected chi connectivity index (χ0v) is 18.2. The van der Waals surface area contributed by atoms with E-state index in [4.69, 9.17) is 16.0 Å². The van der Waals surface area contributed by atoms with Gasteiger partial charge < -0.3 is 14.8 Å². The lowest BCUT2D eigenvalue weighted by molar-refractivity contribution is -0.141. The number of hydrogen-bond donors (Lipinski definition) is 2. The minimum Gasteiger partial charge on any atom is -0.481 e. The van der Waals surface area contributed by atoms with Crippen molar-refractivity contribution in [3.8, 4) is 11.1 Å². The Morgan fingerprint density at radius 3 is 2.52 bits per heavy atom. The van der Waals surface area contributed by atoms with Crippen LogP contribution in [0.2, 0.25) is 5.02 Å². The van der Waals surface area contributed by atoms with E-state index in [1.165, 1.54) is 6.20 Å². The molecule has 0 aliphatic carbocycles. The van der Waals surface area contributed by atoms with Crippen molar-refractivity contribution in [2.45, 2.75) is 39.2 Å². The summed E-state index contributed by atoms with van der Waals surface area (Å²) in [4.78, 5) is 28.0. The largest absolute Gasteiger partial charge is 0.481 e. The summed E-state index contributed by atoms with van der Waals surface area (Å²) >= 11 is 6.08. The molecular formula is C24H25ClN2O4. The highest BCUT2D eigenvalue weighted by molar-refractivity contribution is 6.30. The molecule has 31 heavy (non-hydrogen) atoms. The molecule has 0 aliphatic heterocycles. The third-order valence-electron chi connectivity index (χ3n) is 5.07. The predicted molar refractivity (Wildman–Crippen MR) is 119 cm³/mol. The van der Waals surface area contributed by atoms with E-state index in [1.54, 1.807) is 6.92 Å². The number of rotatable bonds is 9. The molecule has 2 aromatic carbocycles. The third kappa shape index (κ3) is 6.18. The van der Waals surface area contributed by atoms with Crippen LogP contribution in [-0.2, 0) is 17.6 Å². The van der Waals surface area contributed by atoms with Gasteiger partial charge in [-0.15, -0.1) is 0 Å². The molecule has 1 heterocycles. The summed E-state index contributed by atoms with van der Waals surface area (Å²) in [5, 5.41) is 12.9. The van der Waals surface area contributed by atoms with Gasteiger partial charge in [-0.1, -0.05) is 61.8 Å². The number of carbonyl (C=O) groups is 2. The van der Waals surface area contributed by atoms with Gasteiger partial charge in [0.25, 0.3) is 5.91 Å². The number of aliphatic carboxylic acids is 1. The average Bonchev–Trinajstić information content (AvgIpc) is 3.23. The van der Waals surface area contributed by atoms with Crippen LogP contribution < -0.4 is 5.32 Å². The number of carboxylic acids is 1. The first kappa shape index (κ1) is 22.6. The van der Waals surface area contributed by atoms with Crippen LogP contribution in [0.25, 0.3) is 11.1 Å². The second-order valence-electron chi connectivity index (χ2n) is 7.53. The Bertz CT molecular complexity index is 1050. The molecule has 0 saturated heterocycles. The van der Waals surface area contributed by atoms with Crippen molar-refractivity contribution in [3.05, 3.63) is 77.0 Å². The van der Waals surface area contributed by atoms with Crippen LogP contribution in [0.1, 0.15) is 42.3 Å². The molecule has 0 aliphatic rings. The van der Waals surface area contributed by atoms with E-state index < -0.39 is 17.8 Å². The number of halogens is 1. The van der Waals surface area contributed by atoms with Crippen LogP contribution in [0.15, 0.2) is 59.1 Å². The number of benzene rings is 2. The number of amides is 1. The highest BCUT2D eigenvalue weighted by atomic mass is 35.5. The quantitative estimate of drug-likeness (QED) is 0.488. The van der Waals surface area contributed by atoms with Crippen molar-refractivity contribution < 1.29 is 19.1 Å². The summed E-state index contributed by atoms with van der Waals surface area (Å²) in [7, 11) is 0. The number of nitrogens with zero attached hydrogens (tertiary/aromatic N) is 1. The molecule has 6 nitrogen and oxygen atoms in total. The SMILES string of the molecule is CCc1ncc(C(=O)N[C@H](Cc2ccc(-c3cccc(Cl)c3)cc2)C[C@H](C)C(=O)O)o1. The molecule has 7 heteroatoms. The van der Waals surface area contributed by atoms with Crippen LogP contribution in [0.5, 0.6) is 0 Å². The highest BCUT2D eigenvalue weighted by Crippen LogP contribution is 2.24. The summed E-state index contributed by atoms with van der Waals surface area (Å²) in [6.45, 7) is 3.52. The minimum atomic E-state index is -0.900. The van der Waals surface area contributed by atoms with Crippen molar-refractivity contribution in [1.82, 2.24) is 10.3 Å². The van der Waals surface area contributed by atoms with Crippen LogP contribution in [-0.4, -0.2) is 28.0 Å². The molecule has 0 saturated carbocycles. The zero-order valence-electron chi connectivity index (χ0n) is 17.5. The molecule has 2 N–H and O–H groups in total. The number of nitrogens with one attached hydrogen (secondary N) is 1. The maximum Gasteiger partial charge on any atom is 0.306 e. The number of oxazole rings is 1. The van der Waals surface area contributed by atoms with Gasteiger partial charge in [-0.05, 0) is 41.7 Å². The predicted octanol–water partition coefficient (Wildman–Crippen LogP) is 5.01. The molecule has 2 atom stereocenters. The third-order valence-corrected chi connectivity index (χ3v) is 5.30. The fraction of sp³-hybridized carbons (Fsp3) is 0.292. The Morgan fingerprint density at radius 1 is 1.16 bits per heavy atom. The summed E-state index contributed by atoms with van der Waals surface area (Å²) in [6, 6.07) is 15.2. The molecule has 0 radical (unpaired) electrons. The molecule has 3 rings (SSSR count). The van der Waals surface area contributed by atoms with Gasteiger partial charge in [-0.3, -0.25) is 9.59 Å². The molecule has 1 amide bonds. The van der Waals surface area contributed by atoms with Crippen molar-refractivity contribution in [1.29, 1.82) is 0 Å². The van der Waals surface area contributed by atoms with Crippen molar-refractivity contribution >= 4 is 23.5 Å². The van der Waals surface area contributed by atoms with Gasteiger partial charge in [0.1, 0.15) is 0 Å². The first-order valence-corrected chi connectivity index (χ1v) is 10.6. The smallest absolute Gasteiger partial charge is 0.306 e. The Morgan fingerprint density at radius 2 is 1.90 bits per heavy atom. The normalized spacial score (nSPS) is 12.9. The van der Waals surface area contributed by atoms with E-state index in [9.17, 15) is 14.7 Å². The number of aromatic nitrogens is 1. The van der Waals surface area contributed by atoms with Crippen molar-refractivity contribution in [2.24, 2.45) is 5.92 Å². The lowest BCUT2D eigenvalue weighted by Crippen LogP contribution is -2.38. The molecule has 162 valence electrons. The van der Waals surface area contributed by atoms with Crippen LogP contribution in [0, 0.1) is 5.92 Å². The maximum atomic E-state index is 12.6. The standard InChI is InChI=1S/C24H25ClN2O4/c1-3-22-26-14-21(31-22)23(28)27-20(11-15(2)24(29)30)12-16-7-9-17(10-8-16)18-5-4-6-19(25)13-18/h4-10,13-15,20H,3,11-12H2,1-2H3,(H,27,28)(H,29,30)/t15-,20-/m0/s1. The zero-order chi connectivity index (χ0) is 22.4. The fourth-order valence-corrected chi connectivity index (χ4v) is 3.53. The molecular weight excluding hydrogens is 416 g/mol. The van der Waals surface area contributed by atoms with Crippen LogP contribution in [0.4, 0.5) is 0 Å². The highest BCUT2D eigenvalue weighted by Gasteiger charge is 2.22. The lowest BCUT2D eigenvalue weighted by atomic mass is 9.95. The fourth-order valence-electron chi connectivity index (χ4n) is 3.34.